The van der Waals surface area contributed by atoms with Crippen LogP contribution >= 0.6 is 24.0 Å². The molecule has 1 fully saturated rings. The van der Waals surface area contributed by atoms with Crippen molar-refractivity contribution in [3.63, 3.8) is 0 Å². The molecule has 0 bridgehead atoms. The van der Waals surface area contributed by atoms with Gasteiger partial charge in [0.1, 0.15) is 5.69 Å². The van der Waals surface area contributed by atoms with Crippen molar-refractivity contribution in [1.82, 2.24) is 4.90 Å². The van der Waals surface area contributed by atoms with Gasteiger partial charge >= 0.3 is 0 Å². The first kappa shape index (κ1) is 19.6. The molecule has 128 valence electrons. The zero-order valence-corrected chi connectivity index (χ0v) is 14.3. The number of nitrogens with zero attached hydrogens (tertiary/aromatic N) is 2. The summed E-state index contributed by atoms with van der Waals surface area (Å²) in [7, 11) is 0. The van der Waals surface area contributed by atoms with Gasteiger partial charge in [-0.25, -0.2) is 0 Å². The average molecular weight is 363 g/mol. The van der Waals surface area contributed by atoms with Gasteiger partial charge in [0.05, 0.1) is 11.5 Å². The Balaban J connectivity index is 0.00000264. The first-order chi connectivity index (χ1) is 10.3. The molecule has 0 spiro atoms. The number of nitrogens with two attached hydrogens (primary N) is 1. The second kappa shape index (κ2) is 7.92. The molecule has 7 nitrogen and oxygen atoms in total. The molecule has 1 aliphatic rings. The normalized spacial score (nSPS) is 20.8. The topological polar surface area (TPSA) is 102 Å². The van der Waals surface area contributed by atoms with Crippen LogP contribution in [0.1, 0.15) is 13.3 Å². The maximum Gasteiger partial charge on any atom is 0.294 e. The molecule has 2 rings (SSSR count). The fourth-order valence-corrected chi connectivity index (χ4v) is 2.75. The number of halogens is 2. The van der Waals surface area contributed by atoms with Gasteiger partial charge in [-0.3, -0.25) is 19.8 Å². The van der Waals surface area contributed by atoms with E-state index in [0.717, 1.165) is 19.5 Å². The first-order valence-corrected chi connectivity index (χ1v) is 7.37. The lowest BCUT2D eigenvalue weighted by Gasteiger charge is -2.22. The highest BCUT2D eigenvalue weighted by Crippen LogP contribution is 2.29. The molecule has 1 aliphatic heterocycles. The van der Waals surface area contributed by atoms with Crippen LogP contribution in [-0.4, -0.2) is 41.9 Å². The van der Waals surface area contributed by atoms with Gasteiger partial charge in [-0.2, -0.15) is 0 Å². The predicted octanol–water partition coefficient (Wildman–Crippen LogP) is 2.28. The summed E-state index contributed by atoms with van der Waals surface area (Å²) in [6.07, 6.45) is 0.942. The van der Waals surface area contributed by atoms with E-state index in [1.54, 1.807) is 0 Å². The van der Waals surface area contributed by atoms with Gasteiger partial charge in [-0.1, -0.05) is 18.5 Å². The van der Waals surface area contributed by atoms with Crippen molar-refractivity contribution in [2.24, 2.45) is 11.1 Å². The molecule has 23 heavy (non-hydrogen) atoms. The van der Waals surface area contributed by atoms with Gasteiger partial charge in [0, 0.05) is 17.6 Å². The third-order valence-electron chi connectivity index (χ3n) is 3.93. The van der Waals surface area contributed by atoms with Gasteiger partial charge in [-0.05, 0) is 37.1 Å². The number of amides is 1. The number of nitro groups is 1. The van der Waals surface area contributed by atoms with Gasteiger partial charge in [0.2, 0.25) is 5.91 Å². The third kappa shape index (κ3) is 5.04. The molecule has 1 heterocycles. The number of carbonyl (C=O) groups is 1. The molecule has 0 radical (unpaired) electrons. The number of rotatable bonds is 5. The maximum absolute atomic E-state index is 12.1. The second-order valence-electron chi connectivity index (χ2n) is 5.94. The van der Waals surface area contributed by atoms with Crippen molar-refractivity contribution >= 4 is 41.3 Å². The Morgan fingerprint density at radius 1 is 1.57 bits per heavy atom. The SMILES string of the molecule is CC1(CN)CCN(CC(=O)Nc2ccc(Cl)cc2[N+](=O)[O-])C1.Cl. The lowest BCUT2D eigenvalue weighted by atomic mass is 9.90. The number of carbonyl (C=O) groups excluding carboxylic acids is 1. The van der Waals surface area contributed by atoms with E-state index in [1.807, 2.05) is 4.90 Å². The van der Waals surface area contributed by atoms with Crippen molar-refractivity contribution in [3.8, 4) is 0 Å². The van der Waals surface area contributed by atoms with Crippen LogP contribution in [0.2, 0.25) is 5.02 Å². The second-order valence-corrected chi connectivity index (χ2v) is 6.38. The van der Waals surface area contributed by atoms with Gasteiger partial charge in [0.25, 0.3) is 5.69 Å². The molecule has 1 saturated heterocycles. The minimum Gasteiger partial charge on any atom is -0.330 e. The largest absolute Gasteiger partial charge is 0.330 e. The Morgan fingerprint density at radius 3 is 2.83 bits per heavy atom. The van der Waals surface area contributed by atoms with Crippen LogP contribution < -0.4 is 11.1 Å². The number of nitro benzene ring substituents is 1. The van der Waals surface area contributed by atoms with E-state index < -0.39 is 4.92 Å². The van der Waals surface area contributed by atoms with Crippen LogP contribution in [0.25, 0.3) is 0 Å². The van der Waals surface area contributed by atoms with Crippen molar-refractivity contribution in [2.75, 3.05) is 31.5 Å². The van der Waals surface area contributed by atoms with E-state index in [2.05, 4.69) is 12.2 Å². The highest BCUT2D eigenvalue weighted by molar-refractivity contribution is 6.31. The molecule has 1 unspecified atom stereocenters. The molecular weight excluding hydrogens is 343 g/mol. The number of likely N-dealkylation sites (tertiary alicyclic amines) is 1. The number of anilines is 1. The van der Waals surface area contributed by atoms with Crippen LogP contribution in [0.5, 0.6) is 0 Å². The summed E-state index contributed by atoms with van der Waals surface area (Å²) in [5.74, 6) is -0.285. The van der Waals surface area contributed by atoms with Gasteiger partial charge < -0.3 is 11.1 Å². The molecule has 0 aromatic heterocycles. The summed E-state index contributed by atoms with van der Waals surface area (Å²) in [6, 6.07) is 4.16. The molecule has 1 atom stereocenters. The standard InChI is InChI=1S/C14H19ClN4O3.ClH/c1-14(8-16)4-5-18(9-14)7-13(20)17-11-3-2-10(15)6-12(11)19(21)22;/h2-3,6H,4-5,7-9,16H2,1H3,(H,17,20);1H. The summed E-state index contributed by atoms with van der Waals surface area (Å²) in [5, 5.41) is 13.8. The monoisotopic (exact) mass is 362 g/mol. The van der Waals surface area contributed by atoms with Crippen LogP contribution in [0.3, 0.4) is 0 Å². The lowest BCUT2D eigenvalue weighted by Crippen LogP contribution is -2.35. The smallest absolute Gasteiger partial charge is 0.294 e. The number of benzene rings is 1. The quantitative estimate of drug-likeness (QED) is 0.617. The molecule has 1 aromatic rings. The van der Waals surface area contributed by atoms with Crippen LogP contribution in [0.4, 0.5) is 11.4 Å². The van der Waals surface area contributed by atoms with E-state index in [-0.39, 0.29) is 46.7 Å². The Morgan fingerprint density at radius 2 is 2.26 bits per heavy atom. The molecule has 1 amide bonds. The highest BCUT2D eigenvalue weighted by Gasteiger charge is 2.33. The van der Waals surface area contributed by atoms with E-state index in [9.17, 15) is 14.9 Å². The Kier molecular flexibility index (Phi) is 6.76. The summed E-state index contributed by atoms with van der Waals surface area (Å²) < 4.78 is 0. The molecule has 0 aliphatic carbocycles. The Hall–Kier alpha value is -1.41. The van der Waals surface area contributed by atoms with E-state index in [4.69, 9.17) is 17.3 Å². The molecular formula is C14H20Cl2N4O3. The lowest BCUT2D eigenvalue weighted by molar-refractivity contribution is -0.383. The highest BCUT2D eigenvalue weighted by atomic mass is 35.5. The minimum atomic E-state index is -0.567. The van der Waals surface area contributed by atoms with Crippen molar-refractivity contribution in [1.29, 1.82) is 0 Å². The fraction of sp³-hybridized carbons (Fsp3) is 0.500. The van der Waals surface area contributed by atoms with Gasteiger partial charge in [0.15, 0.2) is 0 Å². The number of hydrogen-bond acceptors (Lipinski definition) is 5. The summed E-state index contributed by atoms with van der Waals surface area (Å²) in [4.78, 5) is 24.5. The molecule has 9 heteroatoms. The zero-order valence-electron chi connectivity index (χ0n) is 12.8. The molecule has 1 aromatic carbocycles. The number of hydrogen-bond donors (Lipinski definition) is 2. The molecule has 3 N–H and O–H groups in total. The Labute approximate surface area is 145 Å². The maximum atomic E-state index is 12.1. The van der Waals surface area contributed by atoms with Crippen LogP contribution in [0.15, 0.2) is 18.2 Å². The summed E-state index contributed by atoms with van der Waals surface area (Å²) >= 11 is 5.75. The summed E-state index contributed by atoms with van der Waals surface area (Å²) in [5.41, 5.74) is 5.71. The zero-order chi connectivity index (χ0) is 16.3. The van der Waals surface area contributed by atoms with Crippen LogP contribution in [-0.2, 0) is 4.79 Å². The average Bonchev–Trinajstić information content (AvgIpc) is 2.82. The first-order valence-electron chi connectivity index (χ1n) is 6.99. The van der Waals surface area contributed by atoms with E-state index >= 15 is 0 Å². The van der Waals surface area contributed by atoms with Crippen LogP contribution in [0, 0.1) is 15.5 Å². The van der Waals surface area contributed by atoms with Crippen molar-refractivity contribution in [2.45, 2.75) is 13.3 Å². The van der Waals surface area contributed by atoms with E-state index in [1.165, 1.54) is 18.2 Å². The fourth-order valence-electron chi connectivity index (χ4n) is 2.58. The molecule has 0 saturated carbocycles. The van der Waals surface area contributed by atoms with E-state index in [0.29, 0.717) is 6.54 Å². The Bertz CT molecular complexity index is 599. The summed E-state index contributed by atoms with van der Waals surface area (Å²) in [6.45, 7) is 4.40. The minimum absolute atomic E-state index is 0. The van der Waals surface area contributed by atoms with Crippen molar-refractivity contribution in [3.05, 3.63) is 33.3 Å². The predicted molar refractivity (Wildman–Crippen MR) is 92.2 cm³/mol. The van der Waals surface area contributed by atoms with Crippen molar-refractivity contribution < 1.29 is 9.72 Å². The number of nitrogens with one attached hydrogen (secondary N) is 1. The van der Waals surface area contributed by atoms with Gasteiger partial charge in [-0.15, -0.1) is 12.4 Å². The third-order valence-corrected chi connectivity index (χ3v) is 4.16.